The van der Waals surface area contributed by atoms with Crippen LogP contribution in [0.2, 0.25) is 0 Å². The lowest BCUT2D eigenvalue weighted by molar-refractivity contribution is 0.216. The van der Waals surface area contributed by atoms with E-state index in [0.717, 1.165) is 18.2 Å². The van der Waals surface area contributed by atoms with Crippen LogP contribution < -0.4 is 5.32 Å². The summed E-state index contributed by atoms with van der Waals surface area (Å²) in [5.74, 6) is 1.76. The Labute approximate surface area is 133 Å². The molecule has 1 unspecified atom stereocenters. The summed E-state index contributed by atoms with van der Waals surface area (Å²) in [6.07, 6.45) is 4.23. The van der Waals surface area contributed by atoms with Gasteiger partial charge >= 0.3 is 0 Å². The molecule has 1 heterocycles. The van der Waals surface area contributed by atoms with Crippen molar-refractivity contribution in [2.24, 2.45) is 0 Å². The standard InChI is InChI=1S/C19H26N2O/c1-14-7-4-5-8-17(14)15-11-16(12-15)20-13-18(21(2)3)19-9-6-10-22-19/h4-10,15-16,18,20H,11-13H2,1-3H3. The zero-order chi connectivity index (χ0) is 15.5. The summed E-state index contributed by atoms with van der Waals surface area (Å²) in [6.45, 7) is 3.15. The number of furan rings is 1. The minimum Gasteiger partial charge on any atom is -0.468 e. The summed E-state index contributed by atoms with van der Waals surface area (Å²) >= 11 is 0. The van der Waals surface area contributed by atoms with Crippen LogP contribution in [0.1, 0.15) is 41.7 Å². The van der Waals surface area contributed by atoms with Crippen molar-refractivity contribution in [3.63, 3.8) is 0 Å². The first-order chi connectivity index (χ1) is 10.6. The van der Waals surface area contributed by atoms with Crippen molar-refractivity contribution in [3.05, 3.63) is 59.5 Å². The van der Waals surface area contributed by atoms with E-state index >= 15 is 0 Å². The Balaban J connectivity index is 1.51. The first-order valence-corrected chi connectivity index (χ1v) is 8.14. The summed E-state index contributed by atoms with van der Waals surface area (Å²) in [7, 11) is 4.21. The van der Waals surface area contributed by atoms with Gasteiger partial charge in [-0.2, -0.15) is 0 Å². The number of hydrogen-bond acceptors (Lipinski definition) is 3. The highest BCUT2D eigenvalue weighted by Crippen LogP contribution is 2.38. The maximum Gasteiger partial charge on any atom is 0.122 e. The second kappa shape index (κ2) is 6.67. The van der Waals surface area contributed by atoms with E-state index in [9.17, 15) is 0 Å². The highest BCUT2D eigenvalue weighted by molar-refractivity contribution is 5.31. The second-order valence-corrected chi connectivity index (χ2v) is 6.62. The van der Waals surface area contributed by atoms with Crippen molar-refractivity contribution in [3.8, 4) is 0 Å². The van der Waals surface area contributed by atoms with E-state index in [0.29, 0.717) is 12.1 Å². The van der Waals surface area contributed by atoms with Crippen molar-refractivity contribution in [2.75, 3.05) is 20.6 Å². The quantitative estimate of drug-likeness (QED) is 0.881. The molecule has 1 aliphatic carbocycles. The van der Waals surface area contributed by atoms with Gasteiger partial charge in [0.25, 0.3) is 0 Å². The van der Waals surface area contributed by atoms with Crippen molar-refractivity contribution < 1.29 is 4.42 Å². The largest absolute Gasteiger partial charge is 0.468 e. The molecule has 1 atom stereocenters. The summed E-state index contributed by atoms with van der Waals surface area (Å²) < 4.78 is 5.57. The molecule has 0 aliphatic heterocycles. The van der Waals surface area contributed by atoms with E-state index in [1.165, 1.54) is 24.0 Å². The number of likely N-dealkylation sites (N-methyl/N-ethyl adjacent to an activating group) is 1. The third-order valence-corrected chi connectivity index (χ3v) is 4.86. The van der Waals surface area contributed by atoms with Crippen LogP contribution >= 0.6 is 0 Å². The molecule has 2 aromatic rings. The molecule has 22 heavy (non-hydrogen) atoms. The van der Waals surface area contributed by atoms with Gasteiger partial charge in [-0.3, -0.25) is 4.90 Å². The van der Waals surface area contributed by atoms with Crippen molar-refractivity contribution in [2.45, 2.75) is 37.8 Å². The summed E-state index contributed by atoms with van der Waals surface area (Å²) in [4.78, 5) is 2.21. The first kappa shape index (κ1) is 15.3. The van der Waals surface area contributed by atoms with E-state index < -0.39 is 0 Å². The van der Waals surface area contributed by atoms with Gasteiger partial charge < -0.3 is 9.73 Å². The zero-order valence-corrected chi connectivity index (χ0v) is 13.8. The lowest BCUT2D eigenvalue weighted by atomic mass is 9.74. The van der Waals surface area contributed by atoms with Gasteiger partial charge in [-0.25, -0.2) is 0 Å². The molecule has 0 spiro atoms. The Hall–Kier alpha value is -1.58. The lowest BCUT2D eigenvalue weighted by Gasteiger charge is -2.38. The average Bonchev–Trinajstić information content (AvgIpc) is 2.96. The molecule has 118 valence electrons. The maximum absolute atomic E-state index is 5.57. The normalized spacial score (nSPS) is 22.5. The highest BCUT2D eigenvalue weighted by Gasteiger charge is 2.31. The number of nitrogens with zero attached hydrogens (tertiary/aromatic N) is 1. The molecule has 0 bridgehead atoms. The van der Waals surface area contributed by atoms with Crippen LogP contribution in [-0.4, -0.2) is 31.6 Å². The van der Waals surface area contributed by atoms with Crippen LogP contribution in [0.3, 0.4) is 0 Å². The second-order valence-electron chi connectivity index (χ2n) is 6.62. The SMILES string of the molecule is Cc1ccccc1C1CC(NCC(c2ccco2)N(C)C)C1. The van der Waals surface area contributed by atoms with E-state index in [1.54, 1.807) is 6.26 Å². The van der Waals surface area contributed by atoms with Crippen LogP contribution in [0.4, 0.5) is 0 Å². The molecule has 1 fully saturated rings. The van der Waals surface area contributed by atoms with Gasteiger partial charge in [-0.1, -0.05) is 24.3 Å². The van der Waals surface area contributed by atoms with Gasteiger partial charge in [-0.05, 0) is 63.0 Å². The van der Waals surface area contributed by atoms with Gasteiger partial charge in [0.05, 0.1) is 12.3 Å². The topological polar surface area (TPSA) is 28.4 Å². The number of nitrogens with one attached hydrogen (secondary N) is 1. The highest BCUT2D eigenvalue weighted by atomic mass is 16.3. The predicted octanol–water partition coefficient (Wildman–Crippen LogP) is 3.73. The Bertz CT molecular complexity index is 585. The van der Waals surface area contributed by atoms with Crippen LogP contribution in [0, 0.1) is 6.92 Å². The Kier molecular flexibility index (Phi) is 4.65. The van der Waals surface area contributed by atoms with Gasteiger partial charge in [0.15, 0.2) is 0 Å². The smallest absolute Gasteiger partial charge is 0.122 e. The first-order valence-electron chi connectivity index (χ1n) is 8.14. The van der Waals surface area contributed by atoms with Crippen LogP contribution in [-0.2, 0) is 0 Å². The van der Waals surface area contributed by atoms with Gasteiger partial charge in [-0.15, -0.1) is 0 Å². The van der Waals surface area contributed by atoms with Gasteiger partial charge in [0, 0.05) is 12.6 Å². The number of rotatable bonds is 6. The van der Waals surface area contributed by atoms with E-state index in [1.807, 2.05) is 6.07 Å². The molecule has 0 amide bonds. The summed E-state index contributed by atoms with van der Waals surface area (Å²) in [6, 6.07) is 13.7. The van der Waals surface area contributed by atoms with Crippen molar-refractivity contribution in [1.29, 1.82) is 0 Å². The molecule has 0 radical (unpaired) electrons. The Morgan fingerprint density at radius 2 is 1.95 bits per heavy atom. The Morgan fingerprint density at radius 1 is 1.18 bits per heavy atom. The zero-order valence-electron chi connectivity index (χ0n) is 13.8. The molecule has 1 aromatic heterocycles. The molecule has 0 saturated heterocycles. The number of hydrogen-bond donors (Lipinski definition) is 1. The fourth-order valence-electron chi connectivity index (χ4n) is 3.38. The minimum absolute atomic E-state index is 0.299. The lowest BCUT2D eigenvalue weighted by Crippen LogP contribution is -2.43. The van der Waals surface area contributed by atoms with E-state index in [2.05, 4.69) is 61.6 Å². The molecule has 1 N–H and O–H groups in total. The number of benzene rings is 1. The van der Waals surface area contributed by atoms with Crippen LogP contribution in [0.15, 0.2) is 47.1 Å². The van der Waals surface area contributed by atoms with Gasteiger partial charge in [0.1, 0.15) is 5.76 Å². The fourth-order valence-corrected chi connectivity index (χ4v) is 3.38. The molecule has 3 rings (SSSR count). The molecule has 1 aliphatic rings. The van der Waals surface area contributed by atoms with Crippen LogP contribution in [0.25, 0.3) is 0 Å². The van der Waals surface area contributed by atoms with E-state index in [4.69, 9.17) is 4.42 Å². The molecule has 3 heteroatoms. The molecule has 1 saturated carbocycles. The maximum atomic E-state index is 5.57. The minimum atomic E-state index is 0.299. The fraction of sp³-hybridized carbons (Fsp3) is 0.474. The molecular weight excluding hydrogens is 272 g/mol. The third-order valence-electron chi connectivity index (χ3n) is 4.86. The third kappa shape index (κ3) is 3.26. The summed E-state index contributed by atoms with van der Waals surface area (Å²) in [5.41, 5.74) is 2.95. The van der Waals surface area contributed by atoms with Gasteiger partial charge in [0.2, 0.25) is 0 Å². The number of aryl methyl sites for hydroxylation is 1. The molecule has 3 nitrogen and oxygen atoms in total. The molecular formula is C19H26N2O. The monoisotopic (exact) mass is 298 g/mol. The predicted molar refractivity (Wildman–Crippen MR) is 90.1 cm³/mol. The van der Waals surface area contributed by atoms with Crippen molar-refractivity contribution in [1.82, 2.24) is 10.2 Å². The summed E-state index contributed by atoms with van der Waals surface area (Å²) in [5, 5.41) is 3.71. The van der Waals surface area contributed by atoms with Crippen molar-refractivity contribution >= 4 is 0 Å². The Morgan fingerprint density at radius 3 is 2.59 bits per heavy atom. The molecule has 1 aromatic carbocycles. The van der Waals surface area contributed by atoms with Crippen LogP contribution in [0.5, 0.6) is 0 Å². The van der Waals surface area contributed by atoms with E-state index in [-0.39, 0.29) is 0 Å². The average molecular weight is 298 g/mol.